The molecule has 2 rings (SSSR count). The summed E-state index contributed by atoms with van der Waals surface area (Å²) in [7, 11) is 0. The van der Waals surface area contributed by atoms with Crippen molar-refractivity contribution in [2.75, 3.05) is 11.9 Å². The van der Waals surface area contributed by atoms with Gasteiger partial charge in [-0.2, -0.15) is 0 Å². The van der Waals surface area contributed by atoms with Gasteiger partial charge in [0.25, 0.3) is 0 Å². The quantitative estimate of drug-likeness (QED) is 0.522. The summed E-state index contributed by atoms with van der Waals surface area (Å²) in [5.74, 6) is -1.16. The second-order valence-electron chi connectivity index (χ2n) is 5.90. The van der Waals surface area contributed by atoms with Crippen molar-refractivity contribution in [3.05, 3.63) is 51.7 Å². The highest BCUT2D eigenvalue weighted by molar-refractivity contribution is 7.14. The first-order valence-electron chi connectivity index (χ1n) is 8.57. The lowest BCUT2D eigenvalue weighted by Gasteiger charge is -2.06. The van der Waals surface area contributed by atoms with Crippen LogP contribution in [0.25, 0.3) is 0 Å². The van der Waals surface area contributed by atoms with E-state index < -0.39 is 5.97 Å². The maximum Gasteiger partial charge on any atom is 0.306 e. The molecule has 0 aliphatic rings. The molecule has 1 aromatic carbocycles. The molecule has 0 aliphatic heterocycles. The number of Topliss-reactive ketones (excluding diaryl/α,β-unsaturated/α-hetero) is 2. The van der Waals surface area contributed by atoms with Gasteiger partial charge < -0.3 is 10.1 Å². The number of amides is 1. The second kappa shape index (κ2) is 9.78. The van der Waals surface area contributed by atoms with Gasteiger partial charge in [0.05, 0.1) is 11.3 Å². The van der Waals surface area contributed by atoms with Crippen molar-refractivity contribution in [2.45, 2.75) is 33.1 Å². The zero-order valence-electron chi connectivity index (χ0n) is 15.2. The SMILES string of the molecule is CCC(=O)Nc1ccc(C(=O)COC(=O)CCC(=O)c2ccc(C)s2)cc1. The number of aryl methyl sites for hydroxylation is 1. The molecule has 6 nitrogen and oxygen atoms in total. The van der Waals surface area contributed by atoms with E-state index in [1.165, 1.54) is 11.3 Å². The fourth-order valence-corrected chi connectivity index (χ4v) is 3.05. The van der Waals surface area contributed by atoms with Crippen LogP contribution >= 0.6 is 11.3 Å². The van der Waals surface area contributed by atoms with Crippen LogP contribution in [0, 0.1) is 6.92 Å². The number of anilines is 1. The van der Waals surface area contributed by atoms with E-state index in [9.17, 15) is 19.2 Å². The van der Waals surface area contributed by atoms with Crippen molar-refractivity contribution in [3.8, 4) is 0 Å². The van der Waals surface area contributed by atoms with Gasteiger partial charge in [-0.1, -0.05) is 6.92 Å². The Morgan fingerprint density at radius 3 is 2.26 bits per heavy atom. The largest absolute Gasteiger partial charge is 0.457 e. The normalized spacial score (nSPS) is 10.3. The van der Waals surface area contributed by atoms with E-state index in [-0.39, 0.29) is 36.9 Å². The van der Waals surface area contributed by atoms with E-state index in [1.54, 1.807) is 37.3 Å². The highest BCUT2D eigenvalue weighted by atomic mass is 32.1. The fraction of sp³-hybridized carbons (Fsp3) is 0.300. The lowest BCUT2D eigenvalue weighted by atomic mass is 10.1. The third-order valence-corrected chi connectivity index (χ3v) is 4.79. The lowest BCUT2D eigenvalue weighted by Crippen LogP contribution is -2.15. The first-order chi connectivity index (χ1) is 12.9. The Kier molecular flexibility index (Phi) is 7.43. The summed E-state index contributed by atoms with van der Waals surface area (Å²) in [6.07, 6.45) is 0.356. The van der Waals surface area contributed by atoms with Gasteiger partial charge in [0.1, 0.15) is 0 Å². The number of carbonyl (C=O) groups is 4. The standard InChI is InChI=1S/C20H21NO5S/c1-3-19(24)21-15-7-5-14(6-8-15)17(23)12-26-20(25)11-9-16(22)18-10-4-13(2)27-18/h4-8,10H,3,9,11-12H2,1-2H3,(H,21,24). The van der Waals surface area contributed by atoms with E-state index in [0.29, 0.717) is 22.5 Å². The molecule has 0 aliphatic carbocycles. The number of ether oxygens (including phenoxy) is 1. The minimum atomic E-state index is -0.586. The number of hydrogen-bond acceptors (Lipinski definition) is 6. The maximum absolute atomic E-state index is 12.1. The summed E-state index contributed by atoms with van der Waals surface area (Å²) in [5.41, 5.74) is 0.972. The predicted molar refractivity (Wildman–Crippen MR) is 103 cm³/mol. The summed E-state index contributed by atoms with van der Waals surface area (Å²) < 4.78 is 4.95. The van der Waals surface area contributed by atoms with Gasteiger partial charge in [-0.15, -0.1) is 11.3 Å². The van der Waals surface area contributed by atoms with E-state index in [4.69, 9.17) is 4.74 Å². The molecule has 7 heteroatoms. The Labute approximate surface area is 161 Å². The molecule has 0 bridgehead atoms. The number of ketones is 2. The van der Waals surface area contributed by atoms with E-state index in [0.717, 1.165) is 4.88 Å². The molecule has 0 fully saturated rings. The molecule has 0 spiro atoms. The molecule has 142 valence electrons. The van der Waals surface area contributed by atoms with Gasteiger partial charge in [0.15, 0.2) is 18.2 Å². The fourth-order valence-electron chi connectivity index (χ4n) is 2.21. The van der Waals surface area contributed by atoms with Crippen LogP contribution in [-0.2, 0) is 14.3 Å². The zero-order chi connectivity index (χ0) is 19.8. The molecule has 27 heavy (non-hydrogen) atoms. The van der Waals surface area contributed by atoms with Crippen LogP contribution in [0.1, 0.15) is 51.1 Å². The number of rotatable bonds is 9. The number of nitrogens with one attached hydrogen (secondary N) is 1. The minimum Gasteiger partial charge on any atom is -0.457 e. The third kappa shape index (κ3) is 6.45. The summed E-state index contributed by atoms with van der Waals surface area (Å²) in [5, 5.41) is 2.68. The van der Waals surface area contributed by atoms with Gasteiger partial charge in [0.2, 0.25) is 5.91 Å². The molecule has 1 N–H and O–H groups in total. The predicted octanol–water partition coefficient (Wildman–Crippen LogP) is 3.79. The number of esters is 1. The number of benzene rings is 1. The smallest absolute Gasteiger partial charge is 0.306 e. The zero-order valence-corrected chi connectivity index (χ0v) is 16.1. The Balaban J connectivity index is 1.76. The Hall–Kier alpha value is -2.80. The molecule has 0 saturated carbocycles. The van der Waals surface area contributed by atoms with Crippen molar-refractivity contribution >= 4 is 40.5 Å². The minimum absolute atomic E-state index is 0.0544. The van der Waals surface area contributed by atoms with Gasteiger partial charge in [-0.25, -0.2) is 0 Å². The molecule has 2 aromatic rings. The van der Waals surface area contributed by atoms with E-state index >= 15 is 0 Å². The van der Waals surface area contributed by atoms with Crippen LogP contribution in [0.4, 0.5) is 5.69 Å². The average molecular weight is 387 g/mol. The summed E-state index contributed by atoms with van der Waals surface area (Å²) in [6.45, 7) is 3.27. The van der Waals surface area contributed by atoms with Crippen LogP contribution in [0.15, 0.2) is 36.4 Å². The van der Waals surface area contributed by atoms with Crippen molar-refractivity contribution < 1.29 is 23.9 Å². The maximum atomic E-state index is 12.1. The molecule has 1 heterocycles. The van der Waals surface area contributed by atoms with Crippen molar-refractivity contribution in [1.82, 2.24) is 0 Å². The first kappa shape index (κ1) is 20.5. The Bertz CT molecular complexity index is 838. The summed E-state index contributed by atoms with van der Waals surface area (Å²) in [4.78, 5) is 48.8. The van der Waals surface area contributed by atoms with Crippen LogP contribution in [-0.4, -0.2) is 30.0 Å². The van der Waals surface area contributed by atoms with Crippen molar-refractivity contribution in [2.24, 2.45) is 0 Å². The third-order valence-electron chi connectivity index (χ3n) is 3.75. The molecule has 0 unspecified atom stereocenters. The highest BCUT2D eigenvalue weighted by Crippen LogP contribution is 2.17. The van der Waals surface area contributed by atoms with E-state index in [1.807, 2.05) is 13.0 Å². The van der Waals surface area contributed by atoms with Gasteiger partial charge in [0, 0.05) is 29.0 Å². The topological polar surface area (TPSA) is 89.5 Å². The van der Waals surface area contributed by atoms with Gasteiger partial charge >= 0.3 is 5.97 Å². The van der Waals surface area contributed by atoms with Gasteiger partial charge in [-0.3, -0.25) is 19.2 Å². The monoisotopic (exact) mass is 387 g/mol. The van der Waals surface area contributed by atoms with Crippen LogP contribution in [0.3, 0.4) is 0 Å². The second-order valence-corrected chi connectivity index (χ2v) is 7.18. The van der Waals surface area contributed by atoms with Crippen LogP contribution < -0.4 is 5.32 Å². The Morgan fingerprint density at radius 2 is 1.67 bits per heavy atom. The molecular formula is C20H21NO5S. The van der Waals surface area contributed by atoms with Gasteiger partial charge in [-0.05, 0) is 43.3 Å². The lowest BCUT2D eigenvalue weighted by molar-refractivity contribution is -0.142. The van der Waals surface area contributed by atoms with Crippen molar-refractivity contribution in [1.29, 1.82) is 0 Å². The summed E-state index contributed by atoms with van der Waals surface area (Å²) in [6, 6.07) is 9.94. The average Bonchev–Trinajstić information content (AvgIpc) is 3.11. The number of thiophene rings is 1. The molecule has 0 radical (unpaired) electrons. The summed E-state index contributed by atoms with van der Waals surface area (Å²) >= 11 is 1.39. The number of hydrogen-bond donors (Lipinski definition) is 1. The number of carbonyl (C=O) groups excluding carboxylic acids is 4. The highest BCUT2D eigenvalue weighted by Gasteiger charge is 2.14. The van der Waals surface area contributed by atoms with Crippen molar-refractivity contribution in [3.63, 3.8) is 0 Å². The Morgan fingerprint density at radius 1 is 0.963 bits per heavy atom. The van der Waals surface area contributed by atoms with Crippen LogP contribution in [0.2, 0.25) is 0 Å². The molecule has 0 atom stereocenters. The molecule has 0 saturated heterocycles. The molecule has 1 aromatic heterocycles. The molecular weight excluding hydrogens is 366 g/mol. The molecule has 1 amide bonds. The van der Waals surface area contributed by atoms with E-state index in [2.05, 4.69) is 5.32 Å². The van der Waals surface area contributed by atoms with Crippen LogP contribution in [0.5, 0.6) is 0 Å². The first-order valence-corrected chi connectivity index (χ1v) is 9.39.